The molecule has 5 nitrogen and oxygen atoms in total. The van der Waals surface area contributed by atoms with Gasteiger partial charge in [0.2, 0.25) is 0 Å². The van der Waals surface area contributed by atoms with E-state index in [1.54, 1.807) is 7.11 Å². The first-order valence-corrected chi connectivity index (χ1v) is 7.68. The number of aryl methyl sites for hydroxylation is 1. The number of rotatable bonds is 8. The molecule has 0 aliphatic carbocycles. The normalized spacial score (nSPS) is 18.1. The first-order valence-electron chi connectivity index (χ1n) is 7.68. The molecule has 1 aliphatic rings. The van der Waals surface area contributed by atoms with Crippen molar-refractivity contribution in [2.75, 3.05) is 45.4 Å². The Morgan fingerprint density at radius 2 is 2.38 bits per heavy atom. The van der Waals surface area contributed by atoms with Crippen LogP contribution in [0.25, 0.3) is 0 Å². The van der Waals surface area contributed by atoms with Gasteiger partial charge in [-0.3, -0.25) is 0 Å². The van der Waals surface area contributed by atoms with E-state index in [9.17, 15) is 0 Å². The number of likely N-dealkylation sites (N-methyl/N-ethyl adjacent to an activating group) is 1. The second-order valence-corrected chi connectivity index (χ2v) is 5.67. The topological polar surface area (TPSA) is 46.6 Å². The van der Waals surface area contributed by atoms with Crippen LogP contribution in [0.1, 0.15) is 24.0 Å². The minimum Gasteiger partial charge on any atom is -0.383 e. The van der Waals surface area contributed by atoms with Crippen molar-refractivity contribution in [1.82, 2.24) is 10.3 Å². The summed E-state index contributed by atoms with van der Waals surface area (Å²) in [5.74, 6) is 1.05. The fourth-order valence-corrected chi connectivity index (χ4v) is 2.71. The van der Waals surface area contributed by atoms with E-state index in [4.69, 9.17) is 9.47 Å². The lowest BCUT2D eigenvalue weighted by Crippen LogP contribution is -2.29. The molecule has 0 saturated carbocycles. The van der Waals surface area contributed by atoms with Crippen molar-refractivity contribution in [2.24, 2.45) is 0 Å². The number of nitrogens with zero attached hydrogens (tertiary/aromatic N) is 2. The van der Waals surface area contributed by atoms with Crippen molar-refractivity contribution in [2.45, 2.75) is 32.4 Å². The van der Waals surface area contributed by atoms with Gasteiger partial charge in [0.15, 0.2) is 0 Å². The zero-order valence-corrected chi connectivity index (χ0v) is 13.4. The smallest absolute Gasteiger partial charge is 0.131 e. The van der Waals surface area contributed by atoms with Gasteiger partial charge in [0.1, 0.15) is 5.82 Å². The number of hydrogen-bond acceptors (Lipinski definition) is 5. The van der Waals surface area contributed by atoms with Crippen LogP contribution < -0.4 is 10.2 Å². The van der Waals surface area contributed by atoms with Gasteiger partial charge < -0.3 is 19.7 Å². The number of nitrogens with one attached hydrogen (secondary N) is 1. The lowest BCUT2D eigenvalue weighted by molar-refractivity contribution is 0.116. The Hall–Kier alpha value is -1.17. The molecule has 2 rings (SSSR count). The van der Waals surface area contributed by atoms with E-state index in [1.165, 1.54) is 17.5 Å². The van der Waals surface area contributed by atoms with Gasteiger partial charge in [0.05, 0.1) is 12.7 Å². The maximum absolute atomic E-state index is 5.69. The number of anilines is 1. The molecule has 2 heterocycles. The highest BCUT2D eigenvalue weighted by Crippen LogP contribution is 2.20. The predicted molar refractivity (Wildman–Crippen MR) is 84.8 cm³/mol. The molecule has 0 bridgehead atoms. The summed E-state index contributed by atoms with van der Waals surface area (Å²) >= 11 is 0. The molecule has 1 unspecified atom stereocenters. The van der Waals surface area contributed by atoms with Gasteiger partial charge in [-0.15, -0.1) is 0 Å². The van der Waals surface area contributed by atoms with Crippen molar-refractivity contribution in [3.8, 4) is 0 Å². The van der Waals surface area contributed by atoms with Crippen molar-refractivity contribution in [1.29, 1.82) is 0 Å². The summed E-state index contributed by atoms with van der Waals surface area (Å²) in [5, 5.41) is 3.34. The molecule has 0 aromatic carbocycles. The van der Waals surface area contributed by atoms with Crippen LogP contribution >= 0.6 is 0 Å². The van der Waals surface area contributed by atoms with E-state index < -0.39 is 0 Å². The second kappa shape index (κ2) is 8.32. The molecular formula is C16H27N3O2. The molecular weight excluding hydrogens is 266 g/mol. The highest BCUT2D eigenvalue weighted by Gasteiger charge is 2.18. The summed E-state index contributed by atoms with van der Waals surface area (Å²) in [5.41, 5.74) is 2.42. The van der Waals surface area contributed by atoms with Gasteiger partial charge >= 0.3 is 0 Å². The van der Waals surface area contributed by atoms with Crippen molar-refractivity contribution >= 4 is 5.82 Å². The lowest BCUT2D eigenvalue weighted by atomic mass is 10.2. The Kier molecular flexibility index (Phi) is 6.42. The van der Waals surface area contributed by atoms with Crippen LogP contribution in [0.4, 0.5) is 5.82 Å². The summed E-state index contributed by atoms with van der Waals surface area (Å²) in [4.78, 5) is 6.82. The quantitative estimate of drug-likeness (QED) is 0.740. The van der Waals surface area contributed by atoms with Gasteiger partial charge in [-0.2, -0.15) is 0 Å². The third-order valence-corrected chi connectivity index (χ3v) is 3.78. The number of hydrogen-bond donors (Lipinski definition) is 1. The van der Waals surface area contributed by atoms with Gasteiger partial charge in [0, 0.05) is 46.6 Å². The summed E-state index contributed by atoms with van der Waals surface area (Å²) in [6.45, 7) is 6.35. The first-order chi connectivity index (χ1) is 10.2. The number of methoxy groups -OCH3 is 1. The minimum absolute atomic E-state index is 0.353. The summed E-state index contributed by atoms with van der Waals surface area (Å²) in [6.07, 6.45) is 4.64. The molecule has 21 heavy (non-hydrogen) atoms. The van der Waals surface area contributed by atoms with Gasteiger partial charge in [0.25, 0.3) is 0 Å². The summed E-state index contributed by atoms with van der Waals surface area (Å²) in [7, 11) is 3.81. The average Bonchev–Trinajstić information content (AvgIpc) is 2.96. The van der Waals surface area contributed by atoms with Crippen molar-refractivity contribution < 1.29 is 9.47 Å². The highest BCUT2D eigenvalue weighted by atomic mass is 16.5. The molecule has 5 heteroatoms. The monoisotopic (exact) mass is 293 g/mol. The molecule has 1 aromatic heterocycles. The molecule has 1 N–H and O–H groups in total. The largest absolute Gasteiger partial charge is 0.383 e. The second-order valence-electron chi connectivity index (χ2n) is 5.67. The summed E-state index contributed by atoms with van der Waals surface area (Å²) in [6, 6.07) is 2.20. The van der Waals surface area contributed by atoms with Crippen LogP contribution in [0.2, 0.25) is 0 Å². The molecule has 1 fully saturated rings. The van der Waals surface area contributed by atoms with Gasteiger partial charge in [-0.05, 0) is 37.0 Å². The van der Waals surface area contributed by atoms with Crippen LogP contribution in [-0.4, -0.2) is 51.5 Å². The fraction of sp³-hybridized carbons (Fsp3) is 0.688. The van der Waals surface area contributed by atoms with Crippen LogP contribution in [0.3, 0.4) is 0 Å². The SMILES string of the molecule is COCCNCc1cnc(N(C)CC2CCCO2)c(C)c1. The lowest BCUT2D eigenvalue weighted by Gasteiger charge is -2.23. The Morgan fingerprint density at radius 1 is 1.52 bits per heavy atom. The van der Waals surface area contributed by atoms with Crippen LogP contribution in [0.15, 0.2) is 12.3 Å². The van der Waals surface area contributed by atoms with Crippen molar-refractivity contribution in [3.05, 3.63) is 23.4 Å². The number of aromatic nitrogens is 1. The van der Waals surface area contributed by atoms with E-state index in [1.807, 2.05) is 6.20 Å². The van der Waals surface area contributed by atoms with E-state index in [0.717, 1.165) is 45.1 Å². The predicted octanol–water partition coefficient (Wildman–Crippen LogP) is 1.74. The molecule has 0 amide bonds. The third-order valence-electron chi connectivity index (χ3n) is 3.78. The third kappa shape index (κ3) is 4.95. The molecule has 118 valence electrons. The molecule has 1 aromatic rings. The minimum atomic E-state index is 0.353. The highest BCUT2D eigenvalue weighted by molar-refractivity contribution is 5.46. The molecule has 0 radical (unpaired) electrons. The van der Waals surface area contributed by atoms with Gasteiger partial charge in [-0.25, -0.2) is 4.98 Å². The number of pyridine rings is 1. The van der Waals surface area contributed by atoms with Crippen LogP contribution in [-0.2, 0) is 16.0 Å². The Balaban J connectivity index is 1.88. The maximum atomic E-state index is 5.69. The average molecular weight is 293 g/mol. The first kappa shape index (κ1) is 16.2. The molecule has 1 atom stereocenters. The van der Waals surface area contributed by atoms with Crippen LogP contribution in [0, 0.1) is 6.92 Å². The number of ether oxygens (including phenoxy) is 2. The van der Waals surface area contributed by atoms with Crippen molar-refractivity contribution in [3.63, 3.8) is 0 Å². The Morgan fingerprint density at radius 3 is 3.05 bits per heavy atom. The summed E-state index contributed by atoms with van der Waals surface area (Å²) < 4.78 is 10.7. The zero-order valence-electron chi connectivity index (χ0n) is 13.4. The molecule has 0 spiro atoms. The fourth-order valence-electron chi connectivity index (χ4n) is 2.71. The van der Waals surface area contributed by atoms with Gasteiger partial charge in [-0.1, -0.05) is 0 Å². The Labute approximate surface area is 127 Å². The molecule has 1 aliphatic heterocycles. The standard InChI is InChI=1S/C16H27N3O2/c1-13-9-14(10-17-6-8-20-3)11-18-16(13)19(2)12-15-5-4-7-21-15/h9,11,15,17H,4-8,10,12H2,1-3H3. The Bertz CT molecular complexity index is 434. The van der Waals surface area contributed by atoms with E-state index in [2.05, 4.69) is 35.2 Å². The maximum Gasteiger partial charge on any atom is 0.131 e. The van der Waals surface area contributed by atoms with E-state index in [-0.39, 0.29) is 0 Å². The van der Waals surface area contributed by atoms with E-state index in [0.29, 0.717) is 6.10 Å². The van der Waals surface area contributed by atoms with E-state index >= 15 is 0 Å². The molecule has 1 saturated heterocycles. The zero-order chi connectivity index (χ0) is 15.1. The van der Waals surface area contributed by atoms with Crippen LogP contribution in [0.5, 0.6) is 0 Å².